The van der Waals surface area contributed by atoms with Crippen LogP contribution < -0.4 is 24.4 Å². The fourth-order valence-electron chi connectivity index (χ4n) is 2.66. The van der Waals surface area contributed by atoms with Gasteiger partial charge in [0.15, 0.2) is 6.54 Å². The Morgan fingerprint density at radius 3 is 2.35 bits per heavy atom. The number of hydrogen-bond donors (Lipinski definition) is 2. The summed E-state index contributed by atoms with van der Waals surface area (Å²) < 4.78 is 15.9. The molecular formula is C20H27N2O4+. The second kappa shape index (κ2) is 9.68. The van der Waals surface area contributed by atoms with Crippen molar-refractivity contribution in [2.24, 2.45) is 0 Å². The highest BCUT2D eigenvalue weighted by Crippen LogP contribution is 2.28. The molecule has 2 rings (SSSR count). The molecule has 0 saturated carbocycles. The first-order valence-corrected chi connectivity index (χ1v) is 8.60. The number of nitrogens with one attached hydrogen (secondary N) is 2. The Kier molecular flexibility index (Phi) is 7.29. The molecule has 26 heavy (non-hydrogen) atoms. The van der Waals surface area contributed by atoms with Crippen molar-refractivity contribution in [3.8, 4) is 17.2 Å². The van der Waals surface area contributed by atoms with Gasteiger partial charge in [-0.15, -0.1) is 0 Å². The molecule has 1 amide bonds. The van der Waals surface area contributed by atoms with Crippen molar-refractivity contribution < 1.29 is 23.9 Å². The minimum absolute atomic E-state index is 0.0833. The van der Waals surface area contributed by atoms with Gasteiger partial charge in [-0.1, -0.05) is 0 Å². The fraction of sp³-hybridized carbons (Fsp3) is 0.350. The highest BCUT2D eigenvalue weighted by molar-refractivity contribution is 5.93. The minimum Gasteiger partial charge on any atom is -0.497 e. The van der Waals surface area contributed by atoms with Crippen LogP contribution in [0, 0.1) is 0 Å². The van der Waals surface area contributed by atoms with Gasteiger partial charge in [-0.05, 0) is 43.3 Å². The van der Waals surface area contributed by atoms with Gasteiger partial charge in [-0.2, -0.15) is 0 Å². The van der Waals surface area contributed by atoms with Gasteiger partial charge in [-0.25, -0.2) is 0 Å². The lowest BCUT2D eigenvalue weighted by atomic mass is 10.2. The molecule has 0 spiro atoms. The van der Waals surface area contributed by atoms with Crippen LogP contribution in [0.1, 0.15) is 12.5 Å². The molecule has 0 aromatic heterocycles. The van der Waals surface area contributed by atoms with Crippen LogP contribution in [-0.4, -0.2) is 40.3 Å². The van der Waals surface area contributed by atoms with Crippen LogP contribution in [0.25, 0.3) is 0 Å². The first kappa shape index (κ1) is 19.6. The molecule has 0 heterocycles. The molecular weight excluding hydrogens is 332 g/mol. The van der Waals surface area contributed by atoms with Crippen molar-refractivity contribution in [1.82, 2.24) is 0 Å². The summed E-state index contributed by atoms with van der Waals surface area (Å²) >= 11 is 0. The highest BCUT2D eigenvalue weighted by atomic mass is 16.5. The molecule has 0 radical (unpaired) electrons. The largest absolute Gasteiger partial charge is 0.497 e. The molecule has 1 unspecified atom stereocenters. The van der Waals surface area contributed by atoms with Crippen molar-refractivity contribution in [3.63, 3.8) is 0 Å². The summed E-state index contributed by atoms with van der Waals surface area (Å²) in [5.74, 6) is 2.04. The van der Waals surface area contributed by atoms with Gasteiger partial charge in [0.2, 0.25) is 0 Å². The normalized spacial score (nSPS) is 11.5. The lowest BCUT2D eigenvalue weighted by molar-refractivity contribution is -0.885. The van der Waals surface area contributed by atoms with E-state index in [4.69, 9.17) is 14.2 Å². The number of carbonyl (C=O) groups excluding carboxylic acids is 1. The number of ether oxygens (including phenoxy) is 3. The van der Waals surface area contributed by atoms with Gasteiger partial charge in [0.05, 0.1) is 33.6 Å². The van der Waals surface area contributed by atoms with Gasteiger partial charge in [0, 0.05) is 11.6 Å². The van der Waals surface area contributed by atoms with Crippen LogP contribution in [0.2, 0.25) is 0 Å². The molecule has 140 valence electrons. The van der Waals surface area contributed by atoms with Gasteiger partial charge >= 0.3 is 0 Å². The van der Waals surface area contributed by atoms with Crippen molar-refractivity contribution in [2.75, 3.05) is 39.7 Å². The Morgan fingerprint density at radius 1 is 1.04 bits per heavy atom. The van der Waals surface area contributed by atoms with Crippen LogP contribution >= 0.6 is 0 Å². The molecule has 2 N–H and O–H groups in total. The second-order valence-corrected chi connectivity index (χ2v) is 6.00. The molecule has 2 aromatic carbocycles. The van der Waals surface area contributed by atoms with E-state index in [1.54, 1.807) is 32.4 Å². The molecule has 6 nitrogen and oxygen atoms in total. The zero-order valence-electron chi connectivity index (χ0n) is 15.8. The molecule has 0 aliphatic rings. The summed E-state index contributed by atoms with van der Waals surface area (Å²) in [6, 6.07) is 13.3. The van der Waals surface area contributed by atoms with Crippen LogP contribution in [0.3, 0.4) is 0 Å². The lowest BCUT2D eigenvalue weighted by Crippen LogP contribution is -3.08. The Hall–Kier alpha value is -2.73. The number of quaternary nitrogens is 1. The first-order valence-electron chi connectivity index (χ1n) is 8.60. The van der Waals surface area contributed by atoms with E-state index in [-0.39, 0.29) is 5.91 Å². The first-order chi connectivity index (χ1) is 12.5. The molecule has 1 atom stereocenters. The number of anilines is 1. The molecule has 2 aromatic rings. The standard InChI is InChI=1S/C20H26N2O4/c1-5-26-16-8-6-15(7-9-16)13-22(2)14-20(23)21-18-12-17(24-3)10-11-19(18)25-4/h6-12H,5,13-14H2,1-4H3,(H,21,23)/p+1. The van der Waals surface area contributed by atoms with Gasteiger partial charge < -0.3 is 24.4 Å². The smallest absolute Gasteiger partial charge is 0.279 e. The average molecular weight is 359 g/mol. The summed E-state index contributed by atoms with van der Waals surface area (Å²) in [6.07, 6.45) is 0. The van der Waals surface area contributed by atoms with E-state index in [0.29, 0.717) is 30.3 Å². The van der Waals surface area contributed by atoms with Crippen molar-refractivity contribution in [2.45, 2.75) is 13.5 Å². The maximum Gasteiger partial charge on any atom is 0.279 e. The zero-order chi connectivity index (χ0) is 18.9. The fourth-order valence-corrected chi connectivity index (χ4v) is 2.66. The zero-order valence-corrected chi connectivity index (χ0v) is 15.8. The molecule has 0 aliphatic heterocycles. The third-order valence-corrected chi connectivity index (χ3v) is 3.88. The van der Waals surface area contributed by atoms with E-state index >= 15 is 0 Å². The van der Waals surface area contributed by atoms with Crippen molar-refractivity contribution in [3.05, 3.63) is 48.0 Å². The maximum absolute atomic E-state index is 12.4. The van der Waals surface area contributed by atoms with E-state index in [9.17, 15) is 4.79 Å². The number of benzene rings is 2. The van der Waals surface area contributed by atoms with Crippen LogP contribution in [0.15, 0.2) is 42.5 Å². The van der Waals surface area contributed by atoms with Gasteiger partial charge in [0.1, 0.15) is 23.8 Å². The van der Waals surface area contributed by atoms with Gasteiger partial charge in [-0.3, -0.25) is 4.79 Å². The number of carbonyl (C=O) groups is 1. The summed E-state index contributed by atoms with van der Waals surface area (Å²) in [5.41, 5.74) is 1.75. The summed E-state index contributed by atoms with van der Waals surface area (Å²) in [7, 11) is 5.14. The van der Waals surface area contributed by atoms with Crippen LogP contribution in [0.4, 0.5) is 5.69 Å². The van der Waals surface area contributed by atoms with Crippen molar-refractivity contribution in [1.29, 1.82) is 0 Å². The predicted octanol–water partition coefficient (Wildman–Crippen LogP) is 1.76. The quantitative estimate of drug-likeness (QED) is 0.716. The Morgan fingerprint density at radius 2 is 1.73 bits per heavy atom. The number of methoxy groups -OCH3 is 2. The van der Waals surface area contributed by atoms with Crippen LogP contribution in [0.5, 0.6) is 17.2 Å². The molecule has 0 aliphatic carbocycles. The molecule has 6 heteroatoms. The topological polar surface area (TPSA) is 61.2 Å². The average Bonchev–Trinajstić information content (AvgIpc) is 2.63. The second-order valence-electron chi connectivity index (χ2n) is 6.00. The number of amides is 1. The lowest BCUT2D eigenvalue weighted by Gasteiger charge is -2.16. The SMILES string of the molecule is CCOc1ccc(C[NH+](C)CC(=O)Nc2cc(OC)ccc2OC)cc1. The predicted molar refractivity (Wildman–Crippen MR) is 101 cm³/mol. The summed E-state index contributed by atoms with van der Waals surface area (Å²) in [4.78, 5) is 13.4. The molecule has 0 fully saturated rings. The maximum atomic E-state index is 12.4. The molecule has 0 saturated heterocycles. The van der Waals surface area contributed by atoms with Crippen LogP contribution in [-0.2, 0) is 11.3 Å². The Balaban J connectivity index is 1.92. The van der Waals surface area contributed by atoms with E-state index < -0.39 is 0 Å². The molecule has 0 bridgehead atoms. The van der Waals surface area contributed by atoms with E-state index in [1.807, 2.05) is 38.2 Å². The van der Waals surface area contributed by atoms with Crippen molar-refractivity contribution >= 4 is 11.6 Å². The van der Waals surface area contributed by atoms with E-state index in [1.165, 1.54) is 0 Å². The Bertz CT molecular complexity index is 716. The highest BCUT2D eigenvalue weighted by Gasteiger charge is 2.14. The summed E-state index contributed by atoms with van der Waals surface area (Å²) in [6.45, 7) is 3.70. The van der Waals surface area contributed by atoms with E-state index in [0.717, 1.165) is 22.8 Å². The minimum atomic E-state index is -0.0833. The number of likely N-dealkylation sites (N-methyl/N-ethyl adjacent to an activating group) is 1. The van der Waals surface area contributed by atoms with E-state index in [2.05, 4.69) is 5.32 Å². The Labute approximate surface area is 154 Å². The third-order valence-electron chi connectivity index (χ3n) is 3.88. The number of rotatable bonds is 9. The summed E-state index contributed by atoms with van der Waals surface area (Å²) in [5, 5.41) is 2.89. The number of hydrogen-bond acceptors (Lipinski definition) is 4. The third kappa shape index (κ3) is 5.67. The monoisotopic (exact) mass is 359 g/mol. The van der Waals surface area contributed by atoms with Gasteiger partial charge in [0.25, 0.3) is 5.91 Å².